The van der Waals surface area contributed by atoms with Crippen LogP contribution in [-0.4, -0.2) is 15.6 Å². The van der Waals surface area contributed by atoms with E-state index in [2.05, 4.69) is 48.6 Å². The van der Waals surface area contributed by atoms with E-state index in [1.807, 2.05) is 24.4 Å². The monoisotopic (exact) mass is 407 g/mol. The lowest BCUT2D eigenvalue weighted by atomic mass is 10.1. The molecule has 0 saturated heterocycles. The minimum absolute atomic E-state index is 0.283. The summed E-state index contributed by atoms with van der Waals surface area (Å²) in [6.45, 7) is 0.681. The average Bonchev–Trinajstić information content (AvgIpc) is 2.85. The van der Waals surface area contributed by atoms with Crippen molar-refractivity contribution in [3.05, 3.63) is 68.7 Å². The maximum absolute atomic E-state index is 11.0. The van der Waals surface area contributed by atoms with Crippen molar-refractivity contribution in [2.75, 3.05) is 0 Å². The number of fused-ring (bicyclic) bond motifs is 1. The molecule has 0 bridgehead atoms. The molecule has 5 heteroatoms. The van der Waals surface area contributed by atoms with Gasteiger partial charge in [-0.2, -0.15) is 0 Å². The molecular formula is C16H11Br2NO2. The molecule has 0 amide bonds. The Morgan fingerprint density at radius 1 is 1.10 bits per heavy atom. The Kier molecular flexibility index (Phi) is 3.87. The number of benzene rings is 2. The number of carboxylic acid groups (broad SMARTS) is 1. The van der Waals surface area contributed by atoms with Crippen molar-refractivity contribution < 1.29 is 9.90 Å². The first-order chi connectivity index (χ1) is 10.1. The third-order valence-corrected chi connectivity index (χ3v) is 4.83. The summed E-state index contributed by atoms with van der Waals surface area (Å²) in [4.78, 5) is 11.0. The van der Waals surface area contributed by atoms with E-state index in [4.69, 9.17) is 5.11 Å². The van der Waals surface area contributed by atoms with Gasteiger partial charge in [-0.25, -0.2) is 4.79 Å². The van der Waals surface area contributed by atoms with E-state index in [9.17, 15) is 4.79 Å². The minimum atomic E-state index is -0.919. The number of carbonyl (C=O) groups is 1. The average molecular weight is 409 g/mol. The Bertz CT molecular complexity index is 839. The van der Waals surface area contributed by atoms with Crippen LogP contribution in [0.1, 0.15) is 15.9 Å². The fraction of sp³-hybridized carbons (Fsp3) is 0.0625. The second-order valence-electron chi connectivity index (χ2n) is 4.73. The molecule has 0 atom stereocenters. The zero-order chi connectivity index (χ0) is 15.0. The van der Waals surface area contributed by atoms with Crippen molar-refractivity contribution >= 4 is 48.7 Å². The highest BCUT2D eigenvalue weighted by atomic mass is 79.9. The summed E-state index contributed by atoms with van der Waals surface area (Å²) in [5.41, 5.74) is 2.46. The Morgan fingerprint density at radius 3 is 2.62 bits per heavy atom. The zero-order valence-corrected chi connectivity index (χ0v) is 14.1. The molecular weight excluding hydrogens is 398 g/mol. The molecule has 21 heavy (non-hydrogen) atoms. The van der Waals surface area contributed by atoms with Crippen LogP contribution < -0.4 is 0 Å². The number of rotatable bonds is 3. The van der Waals surface area contributed by atoms with Gasteiger partial charge in [0.1, 0.15) is 0 Å². The van der Waals surface area contributed by atoms with Gasteiger partial charge in [0.2, 0.25) is 0 Å². The molecule has 3 aromatic rings. The first-order valence-electron chi connectivity index (χ1n) is 6.31. The van der Waals surface area contributed by atoms with E-state index in [0.29, 0.717) is 6.54 Å². The molecule has 0 fully saturated rings. The second-order valence-corrected chi connectivity index (χ2v) is 6.44. The SMILES string of the molecule is O=C(O)c1ccc(Cn2ccc3c(Br)cccc32)c(Br)c1. The first-order valence-corrected chi connectivity index (χ1v) is 7.90. The highest BCUT2D eigenvalue weighted by molar-refractivity contribution is 9.11. The van der Waals surface area contributed by atoms with E-state index >= 15 is 0 Å². The molecule has 1 heterocycles. The van der Waals surface area contributed by atoms with E-state index in [1.165, 1.54) is 0 Å². The molecule has 0 unspecified atom stereocenters. The number of aromatic nitrogens is 1. The van der Waals surface area contributed by atoms with E-state index in [-0.39, 0.29) is 5.56 Å². The molecule has 0 aliphatic rings. The van der Waals surface area contributed by atoms with Gasteiger partial charge in [-0.15, -0.1) is 0 Å². The maximum Gasteiger partial charge on any atom is 0.335 e. The maximum atomic E-state index is 11.0. The zero-order valence-electron chi connectivity index (χ0n) is 10.9. The third-order valence-electron chi connectivity index (χ3n) is 3.40. The van der Waals surface area contributed by atoms with Gasteiger partial charge in [0.05, 0.1) is 5.56 Å². The van der Waals surface area contributed by atoms with Crippen molar-refractivity contribution in [1.29, 1.82) is 0 Å². The van der Waals surface area contributed by atoms with E-state index in [0.717, 1.165) is 25.4 Å². The Morgan fingerprint density at radius 2 is 1.90 bits per heavy atom. The van der Waals surface area contributed by atoms with Gasteiger partial charge in [0.25, 0.3) is 0 Å². The molecule has 1 aromatic heterocycles. The normalized spacial score (nSPS) is 11.0. The topological polar surface area (TPSA) is 42.2 Å². The molecule has 3 rings (SSSR count). The van der Waals surface area contributed by atoms with Crippen molar-refractivity contribution in [3.8, 4) is 0 Å². The molecule has 2 aromatic carbocycles. The Labute approximate surface area is 138 Å². The molecule has 1 N–H and O–H groups in total. The van der Waals surface area contributed by atoms with Gasteiger partial charge in [0, 0.05) is 32.6 Å². The molecule has 0 aliphatic carbocycles. The van der Waals surface area contributed by atoms with Crippen LogP contribution >= 0.6 is 31.9 Å². The smallest absolute Gasteiger partial charge is 0.335 e. The molecule has 0 aliphatic heterocycles. The van der Waals surface area contributed by atoms with Gasteiger partial charge in [-0.05, 0) is 35.9 Å². The molecule has 0 saturated carbocycles. The molecule has 0 spiro atoms. The van der Waals surface area contributed by atoms with Crippen molar-refractivity contribution in [2.24, 2.45) is 0 Å². The highest BCUT2D eigenvalue weighted by Gasteiger charge is 2.09. The van der Waals surface area contributed by atoms with Crippen LogP contribution in [0, 0.1) is 0 Å². The Hall–Kier alpha value is -1.59. The van der Waals surface area contributed by atoms with Crippen LogP contribution in [0.25, 0.3) is 10.9 Å². The van der Waals surface area contributed by atoms with Crippen molar-refractivity contribution in [3.63, 3.8) is 0 Å². The third kappa shape index (κ3) is 2.76. The predicted octanol–water partition coefficient (Wildman–Crippen LogP) is 4.91. The van der Waals surface area contributed by atoms with Gasteiger partial charge in [-0.3, -0.25) is 0 Å². The van der Waals surface area contributed by atoms with Crippen LogP contribution in [0.15, 0.2) is 57.6 Å². The fourth-order valence-electron chi connectivity index (χ4n) is 2.32. The molecule has 3 nitrogen and oxygen atoms in total. The van der Waals surface area contributed by atoms with E-state index < -0.39 is 5.97 Å². The number of carboxylic acids is 1. The van der Waals surface area contributed by atoms with Gasteiger partial charge >= 0.3 is 5.97 Å². The van der Waals surface area contributed by atoms with Crippen LogP contribution in [-0.2, 0) is 6.54 Å². The van der Waals surface area contributed by atoms with Crippen molar-refractivity contribution in [1.82, 2.24) is 4.57 Å². The van der Waals surface area contributed by atoms with Gasteiger partial charge < -0.3 is 9.67 Å². The largest absolute Gasteiger partial charge is 0.478 e. The van der Waals surface area contributed by atoms with Crippen LogP contribution in [0.4, 0.5) is 0 Å². The standard InChI is InChI=1S/C16H11Br2NO2/c17-13-2-1-3-15-12(13)6-7-19(15)9-11-5-4-10(16(20)21)8-14(11)18/h1-8H,9H2,(H,20,21). The van der Waals surface area contributed by atoms with E-state index in [1.54, 1.807) is 12.1 Å². The summed E-state index contributed by atoms with van der Waals surface area (Å²) < 4.78 is 4.01. The van der Waals surface area contributed by atoms with Gasteiger partial charge in [0.15, 0.2) is 0 Å². The lowest BCUT2D eigenvalue weighted by molar-refractivity contribution is 0.0697. The number of aromatic carboxylic acids is 1. The number of hydrogen-bond donors (Lipinski definition) is 1. The van der Waals surface area contributed by atoms with Crippen LogP contribution in [0.2, 0.25) is 0 Å². The Balaban J connectivity index is 1.99. The fourth-order valence-corrected chi connectivity index (χ4v) is 3.31. The molecule has 0 radical (unpaired) electrons. The second kappa shape index (κ2) is 5.66. The summed E-state index contributed by atoms with van der Waals surface area (Å²) in [7, 11) is 0. The van der Waals surface area contributed by atoms with Crippen LogP contribution in [0.3, 0.4) is 0 Å². The lowest BCUT2D eigenvalue weighted by Gasteiger charge is -2.09. The van der Waals surface area contributed by atoms with Crippen LogP contribution in [0.5, 0.6) is 0 Å². The lowest BCUT2D eigenvalue weighted by Crippen LogP contribution is -2.01. The molecule has 106 valence electrons. The number of hydrogen-bond acceptors (Lipinski definition) is 1. The predicted molar refractivity (Wildman–Crippen MR) is 89.8 cm³/mol. The number of halogens is 2. The minimum Gasteiger partial charge on any atom is -0.478 e. The van der Waals surface area contributed by atoms with Crippen molar-refractivity contribution in [2.45, 2.75) is 6.54 Å². The first kappa shape index (κ1) is 14.4. The summed E-state index contributed by atoms with van der Waals surface area (Å²) >= 11 is 7.00. The summed E-state index contributed by atoms with van der Waals surface area (Å²) in [6.07, 6.45) is 2.03. The summed E-state index contributed by atoms with van der Waals surface area (Å²) in [5.74, 6) is -0.919. The van der Waals surface area contributed by atoms with Gasteiger partial charge in [-0.1, -0.05) is 44.0 Å². The summed E-state index contributed by atoms with van der Waals surface area (Å²) in [5, 5.41) is 10.2. The summed E-state index contributed by atoms with van der Waals surface area (Å²) in [6, 6.07) is 13.3. The quantitative estimate of drug-likeness (QED) is 0.668. The number of nitrogens with zero attached hydrogens (tertiary/aromatic N) is 1. The highest BCUT2D eigenvalue weighted by Crippen LogP contribution is 2.27.